The molecule has 1 heterocycles. The van der Waals surface area contributed by atoms with E-state index in [1.165, 1.54) is 19.3 Å². The minimum atomic E-state index is -2.19. The largest absolute Gasteiger partial charge is 0.546 e. The molecule has 0 saturated carbocycles. The Hall–Kier alpha value is -1.46. The van der Waals surface area contributed by atoms with E-state index >= 15 is 0 Å². The van der Waals surface area contributed by atoms with Crippen LogP contribution >= 0.6 is 34.8 Å². The fraction of sp³-hybridized carbons (Fsp3) is 0.429. The summed E-state index contributed by atoms with van der Waals surface area (Å²) in [4.78, 5) is 24.3. The number of ether oxygens (including phenoxy) is 2. The smallest absolute Gasteiger partial charge is 0.333 e. The van der Waals surface area contributed by atoms with Crippen molar-refractivity contribution in [3.05, 3.63) is 45.1 Å². The van der Waals surface area contributed by atoms with Crippen LogP contribution in [0.1, 0.15) is 5.56 Å². The van der Waals surface area contributed by atoms with Crippen LogP contribution in [0, 0.1) is 0 Å². The Bertz CT molecular complexity index is 964. The SMILES string of the molecule is COC(=O)/C=C(\O[Si](C)(C)C)C(Cl)C1Oc2c(Cl)cc(Cl)cc2C(O[Si](C)(C)C)=C1C=O. The maximum absolute atomic E-state index is 12.3. The summed E-state index contributed by atoms with van der Waals surface area (Å²) in [6, 6.07) is 3.16. The van der Waals surface area contributed by atoms with Gasteiger partial charge in [0.25, 0.3) is 0 Å². The summed E-state index contributed by atoms with van der Waals surface area (Å²) in [6.07, 6.45) is 0.774. The molecule has 2 unspecified atom stereocenters. The van der Waals surface area contributed by atoms with Gasteiger partial charge in [0.2, 0.25) is 16.6 Å². The highest BCUT2D eigenvalue weighted by atomic mass is 35.5. The van der Waals surface area contributed by atoms with E-state index < -0.39 is 34.1 Å². The Kier molecular flexibility index (Phi) is 8.55. The van der Waals surface area contributed by atoms with Gasteiger partial charge in [-0.15, -0.1) is 11.6 Å². The van der Waals surface area contributed by atoms with Gasteiger partial charge >= 0.3 is 5.97 Å². The van der Waals surface area contributed by atoms with Crippen molar-refractivity contribution in [3.63, 3.8) is 0 Å². The van der Waals surface area contributed by atoms with Crippen LogP contribution in [0.4, 0.5) is 0 Å². The molecule has 0 saturated heterocycles. The number of benzene rings is 1. The topological polar surface area (TPSA) is 71.1 Å². The number of methoxy groups -OCH3 is 1. The van der Waals surface area contributed by atoms with Crippen molar-refractivity contribution in [3.8, 4) is 5.75 Å². The van der Waals surface area contributed by atoms with Gasteiger partial charge in [0.05, 0.1) is 29.3 Å². The normalized spacial score (nSPS) is 17.8. The van der Waals surface area contributed by atoms with Crippen molar-refractivity contribution < 1.29 is 27.9 Å². The Morgan fingerprint density at radius 3 is 2.25 bits per heavy atom. The number of rotatable bonds is 8. The van der Waals surface area contributed by atoms with Crippen molar-refractivity contribution in [1.29, 1.82) is 0 Å². The van der Waals surface area contributed by atoms with E-state index in [9.17, 15) is 9.59 Å². The molecular weight excluding hydrogens is 511 g/mol. The highest BCUT2D eigenvalue weighted by Crippen LogP contribution is 2.45. The first-order valence-electron chi connectivity index (χ1n) is 9.84. The van der Waals surface area contributed by atoms with Gasteiger partial charge in [-0.25, -0.2) is 4.79 Å². The number of carbonyl (C=O) groups excluding carboxylic acids is 2. The minimum Gasteiger partial charge on any atom is -0.546 e. The van der Waals surface area contributed by atoms with Crippen molar-refractivity contribution in [2.75, 3.05) is 7.11 Å². The number of aldehydes is 1. The molecule has 1 aromatic rings. The fourth-order valence-corrected chi connectivity index (χ4v) is 5.57. The number of carbonyl (C=O) groups is 2. The zero-order valence-electron chi connectivity index (χ0n) is 19.0. The van der Waals surface area contributed by atoms with E-state index in [0.29, 0.717) is 22.6 Å². The Morgan fingerprint density at radius 2 is 1.75 bits per heavy atom. The average Bonchev–Trinajstić information content (AvgIpc) is 2.64. The second-order valence-electron chi connectivity index (χ2n) is 9.11. The van der Waals surface area contributed by atoms with E-state index in [1.54, 1.807) is 6.07 Å². The summed E-state index contributed by atoms with van der Waals surface area (Å²) in [5.74, 6) is 0.102. The molecule has 1 aliphatic heterocycles. The lowest BCUT2D eigenvalue weighted by Crippen LogP contribution is -2.40. The van der Waals surface area contributed by atoms with Crippen molar-refractivity contribution >= 4 is 69.5 Å². The molecule has 0 N–H and O–H groups in total. The Labute approximate surface area is 205 Å². The number of halogens is 3. The fourth-order valence-electron chi connectivity index (χ4n) is 2.93. The molecule has 176 valence electrons. The maximum atomic E-state index is 12.3. The van der Waals surface area contributed by atoms with Crippen LogP contribution in [0.25, 0.3) is 5.76 Å². The number of esters is 1. The second kappa shape index (κ2) is 10.2. The molecule has 1 aromatic carbocycles. The highest BCUT2D eigenvalue weighted by molar-refractivity contribution is 6.70. The van der Waals surface area contributed by atoms with Crippen LogP contribution in [0.5, 0.6) is 5.75 Å². The van der Waals surface area contributed by atoms with E-state index in [2.05, 4.69) is 0 Å². The van der Waals surface area contributed by atoms with Gasteiger partial charge in [-0.3, -0.25) is 4.79 Å². The predicted molar refractivity (Wildman–Crippen MR) is 132 cm³/mol. The van der Waals surface area contributed by atoms with Crippen LogP contribution in [0.15, 0.2) is 29.5 Å². The predicted octanol–water partition coefficient (Wildman–Crippen LogP) is 6.03. The molecule has 0 aromatic heterocycles. The quantitative estimate of drug-likeness (QED) is 0.101. The standard InChI is InChI=1S/C21H27Cl3O6Si2/c1-27-17(26)10-16(29-31(2,3)4)18(24)21-14(11-25)19(30-32(5,6)7)13-8-12(22)9-15(23)20(13)28-21/h8-11,18,21H,1-7H3/b16-10-. The molecule has 0 bridgehead atoms. The van der Waals surface area contributed by atoms with Crippen molar-refractivity contribution in [2.45, 2.75) is 50.8 Å². The van der Waals surface area contributed by atoms with Crippen molar-refractivity contribution in [2.24, 2.45) is 0 Å². The minimum absolute atomic E-state index is 0.142. The number of hydrogen-bond donors (Lipinski definition) is 0. The molecule has 2 atom stereocenters. The van der Waals surface area contributed by atoms with E-state index in [-0.39, 0.29) is 22.1 Å². The molecule has 32 heavy (non-hydrogen) atoms. The molecule has 1 aliphatic rings. The lowest BCUT2D eigenvalue weighted by atomic mass is 9.97. The Morgan fingerprint density at radius 1 is 1.12 bits per heavy atom. The molecule has 2 rings (SSSR count). The van der Waals surface area contributed by atoms with Crippen LogP contribution < -0.4 is 4.74 Å². The summed E-state index contributed by atoms with van der Waals surface area (Å²) >= 11 is 19.4. The van der Waals surface area contributed by atoms with E-state index in [1.807, 2.05) is 39.3 Å². The lowest BCUT2D eigenvalue weighted by molar-refractivity contribution is -0.135. The number of alkyl halides is 1. The number of fused-ring (bicyclic) bond motifs is 1. The monoisotopic (exact) mass is 536 g/mol. The van der Waals surface area contributed by atoms with Crippen LogP contribution in [0.3, 0.4) is 0 Å². The van der Waals surface area contributed by atoms with Gasteiger partial charge in [0, 0.05) is 5.02 Å². The summed E-state index contributed by atoms with van der Waals surface area (Å²) in [5, 5.41) is -0.428. The Balaban J connectivity index is 2.70. The summed E-state index contributed by atoms with van der Waals surface area (Å²) in [6.45, 7) is 11.8. The van der Waals surface area contributed by atoms with Crippen LogP contribution in [-0.2, 0) is 23.2 Å². The zero-order chi connectivity index (χ0) is 24.4. The third kappa shape index (κ3) is 6.77. The number of hydrogen-bond acceptors (Lipinski definition) is 6. The summed E-state index contributed by atoms with van der Waals surface area (Å²) in [7, 11) is -3.12. The summed E-state index contributed by atoms with van der Waals surface area (Å²) < 4.78 is 23.2. The van der Waals surface area contributed by atoms with Gasteiger partial charge in [0.15, 0.2) is 12.4 Å². The van der Waals surface area contributed by atoms with Gasteiger partial charge in [0.1, 0.15) is 22.6 Å². The molecule has 0 aliphatic carbocycles. The highest BCUT2D eigenvalue weighted by Gasteiger charge is 2.40. The van der Waals surface area contributed by atoms with Crippen LogP contribution in [-0.4, -0.2) is 47.5 Å². The van der Waals surface area contributed by atoms with Gasteiger partial charge in [-0.1, -0.05) is 23.2 Å². The summed E-state index contributed by atoms with van der Waals surface area (Å²) in [5.41, 5.74) is 0.643. The van der Waals surface area contributed by atoms with Gasteiger partial charge < -0.3 is 18.3 Å². The first-order chi connectivity index (χ1) is 14.7. The average molecular weight is 538 g/mol. The van der Waals surface area contributed by atoms with Gasteiger partial charge in [-0.2, -0.15) is 0 Å². The molecule has 0 radical (unpaired) electrons. The van der Waals surface area contributed by atoms with Crippen molar-refractivity contribution in [1.82, 2.24) is 0 Å². The van der Waals surface area contributed by atoms with E-state index in [0.717, 1.165) is 0 Å². The maximum Gasteiger partial charge on any atom is 0.333 e. The molecular formula is C21H27Cl3O6Si2. The third-order valence-corrected chi connectivity index (χ3v) is 6.63. The zero-order valence-corrected chi connectivity index (χ0v) is 23.3. The second-order valence-corrected chi connectivity index (χ2v) is 19.3. The molecule has 0 fully saturated rings. The molecule has 11 heteroatoms. The first-order valence-corrected chi connectivity index (χ1v) is 17.8. The first kappa shape index (κ1) is 26.8. The third-order valence-electron chi connectivity index (χ3n) is 4.02. The van der Waals surface area contributed by atoms with E-state index in [4.69, 9.17) is 53.1 Å². The van der Waals surface area contributed by atoms with Crippen LogP contribution in [0.2, 0.25) is 49.3 Å². The molecule has 6 nitrogen and oxygen atoms in total. The lowest BCUT2D eigenvalue weighted by Gasteiger charge is -2.35. The molecule has 0 spiro atoms. The molecule has 0 amide bonds. The van der Waals surface area contributed by atoms with Gasteiger partial charge in [-0.05, 0) is 51.4 Å².